The number of aliphatic hydroxyl groups excluding tert-OH is 1. The molecule has 4 nitrogen and oxygen atoms in total. The number of ether oxygens (including phenoxy) is 1. The van der Waals surface area contributed by atoms with Gasteiger partial charge in [-0.15, -0.1) is 11.3 Å². The SMILES string of the molecule is C[C@@H](NCC(O)COCc1cccs1)c1ccncc1. The summed E-state index contributed by atoms with van der Waals surface area (Å²) in [4.78, 5) is 5.17. The highest BCUT2D eigenvalue weighted by Crippen LogP contribution is 2.11. The van der Waals surface area contributed by atoms with Crippen LogP contribution in [0.3, 0.4) is 0 Å². The van der Waals surface area contributed by atoms with Gasteiger partial charge in [0, 0.05) is 29.9 Å². The van der Waals surface area contributed by atoms with Crippen LogP contribution in [0.25, 0.3) is 0 Å². The number of aliphatic hydroxyl groups is 1. The zero-order chi connectivity index (χ0) is 14.2. The number of aromatic nitrogens is 1. The van der Waals surface area contributed by atoms with E-state index in [9.17, 15) is 5.11 Å². The van der Waals surface area contributed by atoms with Crippen LogP contribution in [0.4, 0.5) is 0 Å². The highest BCUT2D eigenvalue weighted by molar-refractivity contribution is 7.09. The monoisotopic (exact) mass is 292 g/mol. The van der Waals surface area contributed by atoms with Crippen molar-refractivity contribution in [2.24, 2.45) is 0 Å². The Balaban J connectivity index is 1.63. The van der Waals surface area contributed by atoms with Crippen molar-refractivity contribution in [3.63, 3.8) is 0 Å². The van der Waals surface area contributed by atoms with Crippen LogP contribution < -0.4 is 5.32 Å². The molecule has 2 heterocycles. The van der Waals surface area contributed by atoms with Crippen molar-refractivity contribution in [2.45, 2.75) is 25.7 Å². The molecular formula is C15H20N2O2S. The molecule has 0 spiro atoms. The molecule has 2 rings (SSSR count). The third-order valence-electron chi connectivity index (χ3n) is 3.00. The Kier molecular flexibility index (Phi) is 6.14. The molecule has 0 radical (unpaired) electrons. The lowest BCUT2D eigenvalue weighted by atomic mass is 10.1. The summed E-state index contributed by atoms with van der Waals surface area (Å²) in [6.07, 6.45) is 3.04. The third kappa shape index (κ3) is 5.02. The van der Waals surface area contributed by atoms with E-state index >= 15 is 0 Å². The molecule has 2 aromatic rings. The molecule has 2 aromatic heterocycles. The summed E-state index contributed by atoms with van der Waals surface area (Å²) in [5.41, 5.74) is 1.16. The molecule has 0 aliphatic rings. The van der Waals surface area contributed by atoms with Gasteiger partial charge in [0.2, 0.25) is 0 Å². The quantitative estimate of drug-likeness (QED) is 0.784. The number of nitrogens with one attached hydrogen (secondary N) is 1. The van der Waals surface area contributed by atoms with Gasteiger partial charge in [0.15, 0.2) is 0 Å². The van der Waals surface area contributed by atoms with E-state index in [-0.39, 0.29) is 6.04 Å². The van der Waals surface area contributed by atoms with E-state index in [1.807, 2.05) is 29.6 Å². The van der Waals surface area contributed by atoms with Crippen LogP contribution >= 0.6 is 11.3 Å². The smallest absolute Gasteiger partial charge is 0.0898 e. The van der Waals surface area contributed by atoms with Crippen molar-refractivity contribution in [1.29, 1.82) is 0 Å². The molecule has 1 unspecified atom stereocenters. The van der Waals surface area contributed by atoms with Crippen LogP contribution in [-0.2, 0) is 11.3 Å². The maximum Gasteiger partial charge on any atom is 0.0898 e. The Morgan fingerprint density at radius 3 is 2.85 bits per heavy atom. The molecule has 0 fully saturated rings. The second-order valence-electron chi connectivity index (χ2n) is 4.66. The van der Waals surface area contributed by atoms with Gasteiger partial charge in [-0.3, -0.25) is 4.98 Å². The van der Waals surface area contributed by atoms with Gasteiger partial charge in [0.25, 0.3) is 0 Å². The van der Waals surface area contributed by atoms with Gasteiger partial charge < -0.3 is 15.2 Å². The van der Waals surface area contributed by atoms with E-state index in [4.69, 9.17) is 4.74 Å². The van der Waals surface area contributed by atoms with E-state index in [1.165, 1.54) is 4.88 Å². The summed E-state index contributed by atoms with van der Waals surface area (Å²) >= 11 is 1.66. The van der Waals surface area contributed by atoms with Gasteiger partial charge in [-0.2, -0.15) is 0 Å². The molecule has 0 saturated carbocycles. The minimum absolute atomic E-state index is 0.185. The molecule has 20 heavy (non-hydrogen) atoms. The average molecular weight is 292 g/mol. The minimum Gasteiger partial charge on any atom is -0.389 e. The van der Waals surface area contributed by atoms with E-state index < -0.39 is 6.10 Å². The van der Waals surface area contributed by atoms with E-state index in [1.54, 1.807) is 23.7 Å². The van der Waals surface area contributed by atoms with E-state index in [0.717, 1.165) is 5.56 Å². The minimum atomic E-state index is -0.501. The summed E-state index contributed by atoms with van der Waals surface area (Å²) in [6, 6.07) is 8.15. The summed E-state index contributed by atoms with van der Waals surface area (Å²) < 4.78 is 5.49. The molecule has 0 aliphatic carbocycles. The van der Waals surface area contributed by atoms with Gasteiger partial charge in [-0.25, -0.2) is 0 Å². The second kappa shape index (κ2) is 8.11. The van der Waals surface area contributed by atoms with Gasteiger partial charge >= 0.3 is 0 Å². The molecule has 0 bridgehead atoms. The maximum atomic E-state index is 9.88. The Hall–Kier alpha value is -1.27. The summed E-state index contributed by atoms with van der Waals surface area (Å²) in [7, 11) is 0. The molecule has 2 atom stereocenters. The maximum absolute atomic E-state index is 9.88. The summed E-state index contributed by atoms with van der Waals surface area (Å²) in [5.74, 6) is 0. The Morgan fingerprint density at radius 1 is 1.35 bits per heavy atom. The van der Waals surface area contributed by atoms with Crippen LogP contribution in [0.15, 0.2) is 42.0 Å². The van der Waals surface area contributed by atoms with E-state index in [0.29, 0.717) is 19.8 Å². The van der Waals surface area contributed by atoms with Crippen LogP contribution in [0.1, 0.15) is 23.4 Å². The van der Waals surface area contributed by atoms with Crippen LogP contribution in [0, 0.1) is 0 Å². The molecule has 0 amide bonds. The molecule has 0 aromatic carbocycles. The third-order valence-corrected chi connectivity index (χ3v) is 3.85. The lowest BCUT2D eigenvalue weighted by molar-refractivity contribution is 0.0288. The lowest BCUT2D eigenvalue weighted by Gasteiger charge is -2.17. The van der Waals surface area contributed by atoms with Crippen LogP contribution in [-0.4, -0.2) is 29.3 Å². The van der Waals surface area contributed by atoms with Crippen molar-refractivity contribution in [3.05, 3.63) is 52.5 Å². The van der Waals surface area contributed by atoms with Gasteiger partial charge in [0.05, 0.1) is 19.3 Å². The Morgan fingerprint density at radius 2 is 2.15 bits per heavy atom. The van der Waals surface area contributed by atoms with Crippen molar-refractivity contribution >= 4 is 11.3 Å². The molecule has 0 saturated heterocycles. The van der Waals surface area contributed by atoms with Gasteiger partial charge in [0.1, 0.15) is 0 Å². The largest absolute Gasteiger partial charge is 0.389 e. The van der Waals surface area contributed by atoms with Gasteiger partial charge in [-0.1, -0.05) is 6.07 Å². The first kappa shape index (κ1) is 15.1. The Labute approximate surface area is 123 Å². The van der Waals surface area contributed by atoms with Crippen molar-refractivity contribution in [3.8, 4) is 0 Å². The van der Waals surface area contributed by atoms with Crippen LogP contribution in [0.2, 0.25) is 0 Å². The number of thiophene rings is 1. The number of hydrogen-bond acceptors (Lipinski definition) is 5. The molecular weight excluding hydrogens is 272 g/mol. The highest BCUT2D eigenvalue weighted by atomic mass is 32.1. The zero-order valence-corrected chi connectivity index (χ0v) is 12.3. The van der Waals surface area contributed by atoms with Crippen molar-refractivity contribution in [1.82, 2.24) is 10.3 Å². The zero-order valence-electron chi connectivity index (χ0n) is 11.5. The summed E-state index contributed by atoms with van der Waals surface area (Å²) in [5, 5.41) is 15.2. The topological polar surface area (TPSA) is 54.4 Å². The lowest BCUT2D eigenvalue weighted by Crippen LogP contribution is -2.32. The number of nitrogens with zero attached hydrogens (tertiary/aromatic N) is 1. The molecule has 0 aliphatic heterocycles. The molecule has 108 valence electrons. The van der Waals surface area contributed by atoms with Gasteiger partial charge in [-0.05, 0) is 36.1 Å². The van der Waals surface area contributed by atoms with E-state index in [2.05, 4.69) is 17.2 Å². The molecule has 5 heteroatoms. The van der Waals surface area contributed by atoms with Crippen molar-refractivity contribution < 1.29 is 9.84 Å². The predicted octanol–water partition coefficient (Wildman–Crippen LogP) is 2.37. The number of pyridine rings is 1. The average Bonchev–Trinajstić information content (AvgIpc) is 2.99. The fourth-order valence-electron chi connectivity index (χ4n) is 1.83. The molecule has 2 N–H and O–H groups in total. The number of rotatable bonds is 8. The Bertz CT molecular complexity index is 476. The number of hydrogen-bond donors (Lipinski definition) is 2. The summed E-state index contributed by atoms with van der Waals surface area (Å²) in [6.45, 7) is 3.48. The second-order valence-corrected chi connectivity index (χ2v) is 5.69. The first-order valence-electron chi connectivity index (χ1n) is 6.67. The first-order valence-corrected chi connectivity index (χ1v) is 7.55. The van der Waals surface area contributed by atoms with Crippen LogP contribution in [0.5, 0.6) is 0 Å². The van der Waals surface area contributed by atoms with Crippen molar-refractivity contribution in [2.75, 3.05) is 13.2 Å². The normalized spacial score (nSPS) is 14.1. The highest BCUT2D eigenvalue weighted by Gasteiger charge is 2.09. The first-order chi connectivity index (χ1) is 9.75. The standard InChI is InChI=1S/C15H20N2O2S/c1-12(13-4-6-16-7-5-13)17-9-14(18)10-19-11-15-3-2-8-20-15/h2-8,12,14,17-18H,9-11H2,1H3/t12-,14?/m1/s1. The fourth-order valence-corrected chi connectivity index (χ4v) is 2.47. The fraction of sp³-hybridized carbons (Fsp3) is 0.400. The predicted molar refractivity (Wildman–Crippen MR) is 80.6 cm³/mol.